The van der Waals surface area contributed by atoms with E-state index in [1.54, 1.807) is 18.3 Å². The largest absolute Gasteiger partial charge is 0.504 e. The Bertz CT molecular complexity index is 1520. The van der Waals surface area contributed by atoms with E-state index in [0.717, 1.165) is 19.3 Å². The number of amides is 1. The predicted octanol–water partition coefficient (Wildman–Crippen LogP) is 4.77. The maximum Gasteiger partial charge on any atom is 0.257 e. The molecule has 9 nitrogen and oxygen atoms in total. The third-order valence-corrected chi connectivity index (χ3v) is 6.42. The van der Waals surface area contributed by atoms with Gasteiger partial charge in [-0.1, -0.05) is 23.8 Å². The van der Waals surface area contributed by atoms with Crippen molar-refractivity contribution in [2.75, 3.05) is 18.9 Å². The van der Waals surface area contributed by atoms with Gasteiger partial charge in [0, 0.05) is 6.54 Å². The van der Waals surface area contributed by atoms with E-state index in [1.807, 2.05) is 31.2 Å². The number of phenolic OH excluding ortho intramolecular Hbond substituents is 1. The van der Waals surface area contributed by atoms with E-state index in [-0.39, 0.29) is 23.0 Å². The number of nitrogens with zero attached hydrogens (tertiary/aromatic N) is 4. The number of carbonyl (C=O) groups excluding carboxylic acids is 1. The van der Waals surface area contributed by atoms with Crippen molar-refractivity contribution in [3.63, 3.8) is 0 Å². The number of benzene rings is 2. The number of fused-ring (bicyclic) bond motifs is 2. The van der Waals surface area contributed by atoms with Gasteiger partial charge in [0.15, 0.2) is 17.1 Å². The van der Waals surface area contributed by atoms with E-state index < -0.39 is 0 Å². The first-order chi connectivity index (χ1) is 18.0. The van der Waals surface area contributed by atoms with E-state index >= 15 is 0 Å². The Morgan fingerprint density at radius 2 is 2.03 bits per heavy atom. The second-order valence-electron chi connectivity index (χ2n) is 8.98. The highest BCUT2D eigenvalue weighted by Gasteiger charge is 2.24. The Hall–Kier alpha value is -4.40. The topological polar surface area (TPSA) is 128 Å². The number of hydrogen-bond donors (Lipinski definition) is 3. The van der Waals surface area contributed by atoms with Crippen molar-refractivity contribution in [1.82, 2.24) is 20.0 Å². The summed E-state index contributed by atoms with van der Waals surface area (Å²) < 4.78 is 6.90. The van der Waals surface area contributed by atoms with Gasteiger partial charge in [-0.25, -0.2) is 9.97 Å². The first-order valence-corrected chi connectivity index (χ1v) is 12.6. The summed E-state index contributed by atoms with van der Waals surface area (Å²) in [5, 5.41) is 17.5. The molecule has 4 aromatic rings. The quantitative estimate of drug-likeness (QED) is 0.237. The fourth-order valence-corrected chi connectivity index (χ4v) is 4.55. The standard InChI is InChI=1S/C28H30N6O3/c1-2-37-23-16-19(12-13-22(23)35)17-31-34-26(29)24(28(36)30-15-14-18-8-4-3-5-9-18)25-27(34)33-21-11-7-6-10-20(21)32-25/h6-8,10-13,16-17,35H,2-5,9,14-15,29H2,1H3,(H,30,36)/b31-17+. The van der Waals surface area contributed by atoms with Crippen molar-refractivity contribution in [3.8, 4) is 11.5 Å². The van der Waals surface area contributed by atoms with Gasteiger partial charge in [-0.2, -0.15) is 9.78 Å². The summed E-state index contributed by atoms with van der Waals surface area (Å²) in [5.74, 6) is 0.251. The van der Waals surface area contributed by atoms with Crippen molar-refractivity contribution in [1.29, 1.82) is 0 Å². The highest BCUT2D eigenvalue weighted by molar-refractivity contribution is 6.10. The minimum Gasteiger partial charge on any atom is -0.504 e. The van der Waals surface area contributed by atoms with Crippen LogP contribution in [0.5, 0.6) is 11.5 Å². The third kappa shape index (κ3) is 5.11. The third-order valence-electron chi connectivity index (χ3n) is 6.42. The lowest BCUT2D eigenvalue weighted by Gasteiger charge is -2.13. The monoisotopic (exact) mass is 498 g/mol. The molecule has 2 aromatic carbocycles. The number of ether oxygens (including phenoxy) is 1. The van der Waals surface area contributed by atoms with Gasteiger partial charge in [0.2, 0.25) is 0 Å². The minimum atomic E-state index is -0.305. The van der Waals surface area contributed by atoms with Gasteiger partial charge < -0.3 is 20.9 Å². The van der Waals surface area contributed by atoms with Crippen LogP contribution in [0.3, 0.4) is 0 Å². The average molecular weight is 499 g/mol. The molecule has 2 heterocycles. The molecule has 0 spiro atoms. The van der Waals surface area contributed by atoms with Crippen LogP contribution < -0.4 is 15.8 Å². The summed E-state index contributed by atoms with van der Waals surface area (Å²) in [6, 6.07) is 12.4. The van der Waals surface area contributed by atoms with Crippen LogP contribution in [0, 0.1) is 0 Å². The molecule has 0 atom stereocenters. The van der Waals surface area contributed by atoms with Gasteiger partial charge in [-0.3, -0.25) is 4.79 Å². The molecule has 0 unspecified atom stereocenters. The molecule has 9 heteroatoms. The van der Waals surface area contributed by atoms with Gasteiger partial charge in [-0.15, -0.1) is 0 Å². The number of nitrogens with one attached hydrogen (secondary N) is 1. The van der Waals surface area contributed by atoms with Crippen LogP contribution in [0.1, 0.15) is 54.9 Å². The van der Waals surface area contributed by atoms with Crippen molar-refractivity contribution in [3.05, 3.63) is 65.2 Å². The molecular formula is C28H30N6O3. The van der Waals surface area contributed by atoms with Gasteiger partial charge >= 0.3 is 0 Å². The van der Waals surface area contributed by atoms with Crippen molar-refractivity contribution >= 4 is 40.1 Å². The normalized spacial score (nSPS) is 13.8. The summed E-state index contributed by atoms with van der Waals surface area (Å²) in [7, 11) is 0. The zero-order chi connectivity index (χ0) is 25.8. The van der Waals surface area contributed by atoms with Gasteiger partial charge in [0.25, 0.3) is 5.91 Å². The van der Waals surface area contributed by atoms with Crippen molar-refractivity contribution < 1.29 is 14.6 Å². The number of carbonyl (C=O) groups is 1. The molecule has 0 fully saturated rings. The summed E-state index contributed by atoms with van der Waals surface area (Å²) in [6.45, 7) is 2.78. The Morgan fingerprint density at radius 3 is 2.78 bits per heavy atom. The smallest absolute Gasteiger partial charge is 0.257 e. The summed E-state index contributed by atoms with van der Waals surface area (Å²) in [6.07, 6.45) is 9.31. The second kappa shape index (κ2) is 10.7. The molecule has 1 amide bonds. The number of nitrogen functional groups attached to an aromatic ring is 1. The molecule has 0 saturated heterocycles. The fourth-order valence-electron chi connectivity index (χ4n) is 4.55. The number of aromatic hydroxyl groups is 1. The highest BCUT2D eigenvalue weighted by Crippen LogP contribution is 2.29. The molecule has 0 aliphatic heterocycles. The first-order valence-electron chi connectivity index (χ1n) is 12.6. The summed E-state index contributed by atoms with van der Waals surface area (Å²) >= 11 is 0. The Labute approximate surface area is 214 Å². The molecule has 190 valence electrons. The van der Waals surface area contributed by atoms with Crippen LogP contribution in [0.2, 0.25) is 0 Å². The number of hydrogen-bond acceptors (Lipinski definition) is 7. The molecular weight excluding hydrogens is 468 g/mol. The van der Waals surface area contributed by atoms with Crippen LogP contribution in [-0.4, -0.2) is 45.0 Å². The van der Waals surface area contributed by atoms with Crippen LogP contribution in [0.15, 0.2) is 59.2 Å². The van der Waals surface area contributed by atoms with Crippen molar-refractivity contribution in [2.45, 2.75) is 39.0 Å². The van der Waals surface area contributed by atoms with E-state index in [0.29, 0.717) is 46.7 Å². The van der Waals surface area contributed by atoms with Crippen LogP contribution >= 0.6 is 0 Å². The number of anilines is 1. The maximum atomic E-state index is 13.3. The number of allylic oxidation sites excluding steroid dienone is 1. The number of aromatic nitrogens is 3. The number of rotatable bonds is 8. The number of phenols is 1. The molecule has 1 aliphatic rings. The zero-order valence-electron chi connectivity index (χ0n) is 20.8. The van der Waals surface area contributed by atoms with E-state index in [2.05, 4.69) is 16.5 Å². The zero-order valence-corrected chi connectivity index (χ0v) is 20.8. The van der Waals surface area contributed by atoms with E-state index in [1.165, 1.54) is 29.2 Å². The Kier molecular flexibility index (Phi) is 7.02. The molecule has 4 N–H and O–H groups in total. The SMILES string of the molecule is CCOc1cc(/C=N/n2c(N)c(C(=O)NCCC3=CCCCC3)c3nc4ccccc4nc32)ccc1O. The minimum absolute atomic E-state index is 0.0465. The van der Waals surface area contributed by atoms with Gasteiger partial charge in [0.05, 0.1) is 23.9 Å². The molecule has 0 saturated carbocycles. The van der Waals surface area contributed by atoms with E-state index in [9.17, 15) is 9.90 Å². The lowest BCUT2D eigenvalue weighted by Crippen LogP contribution is -2.25. The highest BCUT2D eigenvalue weighted by atomic mass is 16.5. The number of para-hydroxylation sites is 2. The fraction of sp³-hybridized carbons (Fsp3) is 0.286. The molecule has 0 radical (unpaired) electrons. The molecule has 1 aliphatic carbocycles. The Morgan fingerprint density at radius 1 is 1.22 bits per heavy atom. The Balaban J connectivity index is 1.51. The first kappa shape index (κ1) is 24.3. The van der Waals surface area contributed by atoms with Gasteiger partial charge in [-0.05, 0) is 74.9 Å². The summed E-state index contributed by atoms with van der Waals surface area (Å²) in [4.78, 5) is 22.8. The molecule has 37 heavy (non-hydrogen) atoms. The lowest BCUT2D eigenvalue weighted by atomic mass is 9.97. The number of nitrogens with two attached hydrogens (primary N) is 1. The lowest BCUT2D eigenvalue weighted by molar-refractivity contribution is 0.0956. The molecule has 0 bridgehead atoms. The predicted molar refractivity (Wildman–Crippen MR) is 145 cm³/mol. The summed E-state index contributed by atoms with van der Waals surface area (Å²) in [5.41, 5.74) is 10.9. The van der Waals surface area contributed by atoms with Crippen LogP contribution in [0.4, 0.5) is 5.82 Å². The van der Waals surface area contributed by atoms with Crippen LogP contribution in [-0.2, 0) is 0 Å². The van der Waals surface area contributed by atoms with Crippen LogP contribution in [0.25, 0.3) is 22.2 Å². The van der Waals surface area contributed by atoms with E-state index in [4.69, 9.17) is 20.4 Å². The average Bonchev–Trinajstić information content (AvgIpc) is 3.18. The molecule has 5 rings (SSSR count). The second-order valence-corrected chi connectivity index (χ2v) is 8.98. The molecule has 2 aromatic heterocycles. The van der Waals surface area contributed by atoms with Gasteiger partial charge in [0.1, 0.15) is 16.9 Å². The van der Waals surface area contributed by atoms with Crippen molar-refractivity contribution in [2.24, 2.45) is 5.10 Å². The maximum absolute atomic E-state index is 13.3.